The molecule has 3 N–H and O–H groups in total. The van der Waals surface area contributed by atoms with E-state index < -0.39 is 10.9 Å². The molecule has 0 aliphatic heterocycles. The Labute approximate surface area is 174 Å². The van der Waals surface area contributed by atoms with Crippen molar-refractivity contribution < 1.29 is 14.3 Å². The first-order valence-electron chi connectivity index (χ1n) is 9.67. The summed E-state index contributed by atoms with van der Waals surface area (Å²) in [5.41, 5.74) is -0.973. The fourth-order valence-corrected chi connectivity index (χ4v) is 2.81. The van der Waals surface area contributed by atoms with Gasteiger partial charge in [0.1, 0.15) is 22.9 Å². The highest BCUT2D eigenvalue weighted by Crippen LogP contribution is 2.33. The topological polar surface area (TPSA) is 112 Å². The molecule has 30 heavy (non-hydrogen) atoms. The number of carbonyl (C=O) groups excluding carboxylic acids is 1. The van der Waals surface area contributed by atoms with E-state index in [2.05, 4.69) is 10.6 Å². The zero-order chi connectivity index (χ0) is 22.6. The first kappa shape index (κ1) is 22.7. The molecule has 0 aliphatic carbocycles. The Morgan fingerprint density at radius 3 is 2.27 bits per heavy atom. The van der Waals surface area contributed by atoms with Crippen molar-refractivity contribution in [1.29, 1.82) is 0 Å². The molecule has 0 unspecified atom stereocenters. The molecule has 0 spiro atoms. The summed E-state index contributed by atoms with van der Waals surface area (Å²) in [5, 5.41) is 16.1. The van der Waals surface area contributed by atoms with Crippen LogP contribution in [0.15, 0.2) is 44.3 Å². The summed E-state index contributed by atoms with van der Waals surface area (Å²) in [6.07, 6.45) is 0. The number of nitrogens with zero attached hydrogens (tertiary/aromatic N) is 1. The summed E-state index contributed by atoms with van der Waals surface area (Å²) < 4.78 is 5.53. The number of benzene rings is 1. The predicted octanol–water partition coefficient (Wildman–Crippen LogP) is 3.53. The molecule has 1 atom stereocenters. The Balaban J connectivity index is 0.00000155. The number of phenols is 1. The van der Waals surface area contributed by atoms with Gasteiger partial charge < -0.3 is 25.1 Å². The molecule has 1 amide bonds. The standard InChI is InChI=1S/C20H21N3O5.C2H6/c1-10-8-9-14(28-10)11(2)21-15-16(19(26)18(15)25)22-13-7-5-6-12(17(13)24)20(27)23(3)4;1-2/h5-9,11,21-22,24H,1-4H3;1-2H3/t11-;/m1./s1. The lowest BCUT2D eigenvalue weighted by Crippen LogP contribution is -2.37. The van der Waals surface area contributed by atoms with Crippen LogP contribution in [0.4, 0.5) is 17.1 Å². The number of phenolic OH excluding ortho intramolecular Hbond substituents is 1. The third-order valence-corrected chi connectivity index (χ3v) is 4.39. The molecule has 0 radical (unpaired) electrons. The molecular weight excluding hydrogens is 386 g/mol. The summed E-state index contributed by atoms with van der Waals surface area (Å²) in [6, 6.07) is 7.82. The van der Waals surface area contributed by atoms with Gasteiger partial charge in [0.25, 0.3) is 16.8 Å². The van der Waals surface area contributed by atoms with E-state index >= 15 is 0 Å². The van der Waals surface area contributed by atoms with Crippen LogP contribution in [0.2, 0.25) is 0 Å². The van der Waals surface area contributed by atoms with Gasteiger partial charge in [-0.3, -0.25) is 14.4 Å². The van der Waals surface area contributed by atoms with Crippen molar-refractivity contribution >= 4 is 23.0 Å². The van der Waals surface area contributed by atoms with Gasteiger partial charge in [0, 0.05) is 14.1 Å². The highest BCUT2D eigenvalue weighted by Gasteiger charge is 2.25. The molecule has 0 bridgehead atoms. The van der Waals surface area contributed by atoms with E-state index in [1.807, 2.05) is 20.8 Å². The van der Waals surface area contributed by atoms with Crippen molar-refractivity contribution in [3.05, 3.63) is 67.9 Å². The van der Waals surface area contributed by atoms with Gasteiger partial charge in [0.05, 0.1) is 17.3 Å². The molecule has 8 heteroatoms. The number of rotatable bonds is 6. The van der Waals surface area contributed by atoms with Crippen LogP contribution in [0.25, 0.3) is 0 Å². The van der Waals surface area contributed by atoms with E-state index in [9.17, 15) is 19.5 Å². The molecule has 0 saturated heterocycles. The average Bonchev–Trinajstić information content (AvgIpc) is 3.18. The maximum Gasteiger partial charge on any atom is 0.257 e. The van der Waals surface area contributed by atoms with E-state index in [1.54, 1.807) is 39.2 Å². The van der Waals surface area contributed by atoms with Crippen LogP contribution < -0.4 is 21.5 Å². The lowest BCUT2D eigenvalue weighted by molar-refractivity contribution is 0.0824. The van der Waals surface area contributed by atoms with E-state index in [-0.39, 0.29) is 40.3 Å². The summed E-state index contributed by atoms with van der Waals surface area (Å²) in [6.45, 7) is 7.61. The van der Waals surface area contributed by atoms with Crippen LogP contribution in [0.3, 0.4) is 0 Å². The molecule has 0 fully saturated rings. The Kier molecular flexibility index (Phi) is 7.05. The number of para-hydroxylation sites is 1. The fourth-order valence-electron chi connectivity index (χ4n) is 2.81. The van der Waals surface area contributed by atoms with E-state index in [1.165, 1.54) is 17.0 Å². The van der Waals surface area contributed by atoms with Crippen LogP contribution in [0, 0.1) is 6.92 Å². The number of amides is 1. The summed E-state index contributed by atoms with van der Waals surface area (Å²) in [7, 11) is 3.14. The van der Waals surface area contributed by atoms with Gasteiger partial charge in [-0.15, -0.1) is 0 Å². The van der Waals surface area contributed by atoms with Gasteiger partial charge in [-0.05, 0) is 38.1 Å². The van der Waals surface area contributed by atoms with E-state index in [0.717, 1.165) is 5.76 Å². The third kappa shape index (κ3) is 4.37. The van der Waals surface area contributed by atoms with Gasteiger partial charge in [0.2, 0.25) is 0 Å². The summed E-state index contributed by atoms with van der Waals surface area (Å²) >= 11 is 0. The molecule has 3 rings (SSSR count). The van der Waals surface area contributed by atoms with Gasteiger partial charge in [0.15, 0.2) is 5.75 Å². The maximum absolute atomic E-state index is 12.2. The van der Waals surface area contributed by atoms with Crippen LogP contribution in [-0.2, 0) is 0 Å². The monoisotopic (exact) mass is 413 g/mol. The van der Waals surface area contributed by atoms with Gasteiger partial charge in [-0.1, -0.05) is 19.9 Å². The quantitative estimate of drug-likeness (QED) is 0.419. The molecular formula is C22H27N3O5. The van der Waals surface area contributed by atoms with Gasteiger partial charge in [-0.2, -0.15) is 0 Å². The molecule has 0 saturated carbocycles. The van der Waals surface area contributed by atoms with Crippen LogP contribution in [0.5, 0.6) is 5.75 Å². The summed E-state index contributed by atoms with van der Waals surface area (Å²) in [4.78, 5) is 37.6. The van der Waals surface area contributed by atoms with Crippen molar-refractivity contribution in [2.75, 3.05) is 24.7 Å². The maximum atomic E-state index is 12.2. The number of furan rings is 1. The zero-order valence-electron chi connectivity index (χ0n) is 18.0. The molecule has 8 nitrogen and oxygen atoms in total. The van der Waals surface area contributed by atoms with Crippen LogP contribution in [-0.4, -0.2) is 30.0 Å². The highest BCUT2D eigenvalue weighted by atomic mass is 16.3. The Hall–Kier alpha value is -3.55. The fraction of sp³-hybridized carbons (Fsp3) is 0.318. The molecule has 0 aliphatic rings. The van der Waals surface area contributed by atoms with Crippen molar-refractivity contribution in [1.82, 2.24) is 4.90 Å². The molecule has 2 aromatic carbocycles. The Morgan fingerprint density at radius 1 is 1.07 bits per heavy atom. The van der Waals surface area contributed by atoms with Crippen molar-refractivity contribution in [2.45, 2.75) is 33.7 Å². The lowest BCUT2D eigenvalue weighted by atomic mass is 10.1. The number of carbonyl (C=O) groups is 1. The minimum Gasteiger partial charge on any atom is -0.505 e. The predicted molar refractivity (Wildman–Crippen MR) is 118 cm³/mol. The number of hydrogen-bond donors (Lipinski definition) is 3. The molecule has 1 aromatic heterocycles. The minimum atomic E-state index is -0.700. The Morgan fingerprint density at radius 2 is 1.70 bits per heavy atom. The molecule has 3 aromatic rings. The first-order chi connectivity index (χ1) is 14.2. The smallest absolute Gasteiger partial charge is 0.257 e. The van der Waals surface area contributed by atoms with Crippen LogP contribution >= 0.6 is 0 Å². The number of aryl methyl sites for hydroxylation is 1. The van der Waals surface area contributed by atoms with Crippen LogP contribution in [0.1, 0.15) is 48.7 Å². The molecule has 160 valence electrons. The second-order valence-electron chi connectivity index (χ2n) is 6.75. The first-order valence-corrected chi connectivity index (χ1v) is 9.67. The van der Waals surface area contributed by atoms with Crippen molar-refractivity contribution in [3.63, 3.8) is 0 Å². The number of hydrogen-bond acceptors (Lipinski definition) is 7. The number of nitrogens with one attached hydrogen (secondary N) is 2. The normalized spacial score (nSPS) is 11.4. The number of aromatic hydroxyl groups is 1. The zero-order valence-corrected chi connectivity index (χ0v) is 18.0. The summed E-state index contributed by atoms with van der Waals surface area (Å²) in [5.74, 6) is 0.679. The Bertz CT molecular complexity index is 1110. The van der Waals surface area contributed by atoms with Crippen molar-refractivity contribution in [2.24, 2.45) is 0 Å². The SMILES string of the molecule is CC.Cc1ccc([C@@H](C)Nc2c(Nc3cccc(C(=O)N(C)C)c3O)c(=O)c2=O)o1. The highest BCUT2D eigenvalue weighted by molar-refractivity contribution is 5.99. The third-order valence-electron chi connectivity index (χ3n) is 4.39. The average molecular weight is 413 g/mol. The second-order valence-corrected chi connectivity index (χ2v) is 6.75. The minimum absolute atomic E-state index is 0.0323. The molecule has 1 heterocycles. The number of anilines is 3. The van der Waals surface area contributed by atoms with Crippen molar-refractivity contribution in [3.8, 4) is 5.75 Å². The van der Waals surface area contributed by atoms with E-state index in [4.69, 9.17) is 4.42 Å². The lowest BCUT2D eigenvalue weighted by Gasteiger charge is -2.19. The second kappa shape index (κ2) is 9.30. The van der Waals surface area contributed by atoms with Gasteiger partial charge in [-0.25, -0.2) is 0 Å². The van der Waals surface area contributed by atoms with Gasteiger partial charge >= 0.3 is 0 Å². The largest absolute Gasteiger partial charge is 0.505 e. The van der Waals surface area contributed by atoms with E-state index in [0.29, 0.717) is 5.76 Å².